The monoisotopic (exact) mass is 255 g/mol. The topological polar surface area (TPSA) is 21.3 Å². The second-order valence-electron chi connectivity index (χ2n) is 5.20. The Bertz CT molecular complexity index is 358. The fourth-order valence-electron chi connectivity index (χ4n) is 1.40. The van der Waals surface area contributed by atoms with Gasteiger partial charge in [-0.05, 0) is 45.4 Å². The minimum absolute atomic E-state index is 0.0876. The third-order valence-electron chi connectivity index (χ3n) is 2.29. The predicted octanol–water partition coefficient (Wildman–Crippen LogP) is 4.02. The summed E-state index contributed by atoms with van der Waals surface area (Å²) in [4.78, 5) is 0. The van der Waals surface area contributed by atoms with Crippen LogP contribution in [0, 0.1) is 0 Å². The molecule has 0 bridgehead atoms. The molecule has 0 aliphatic carbocycles. The van der Waals surface area contributed by atoms with Crippen LogP contribution < -0.4 is 10.1 Å². The van der Waals surface area contributed by atoms with Crippen molar-refractivity contribution >= 4 is 11.6 Å². The summed E-state index contributed by atoms with van der Waals surface area (Å²) in [5.74, 6) is 0.924. The molecule has 2 nitrogen and oxygen atoms in total. The Morgan fingerprint density at radius 1 is 1.29 bits per heavy atom. The smallest absolute Gasteiger partial charge is 0.123 e. The number of rotatable bonds is 5. The summed E-state index contributed by atoms with van der Waals surface area (Å²) in [5.41, 5.74) is 1.20. The number of hydrogen-bond acceptors (Lipinski definition) is 2. The summed E-state index contributed by atoms with van der Waals surface area (Å²) < 4.78 is 5.71. The second-order valence-corrected chi connectivity index (χ2v) is 5.64. The molecule has 17 heavy (non-hydrogen) atoms. The SMILES string of the molecule is CCCOc1ccc(Cl)cc1CNC(C)(C)C. The summed E-state index contributed by atoms with van der Waals surface area (Å²) in [7, 11) is 0. The molecule has 1 rings (SSSR count). The molecule has 0 unspecified atom stereocenters. The van der Waals surface area contributed by atoms with Gasteiger partial charge in [-0.15, -0.1) is 0 Å². The van der Waals surface area contributed by atoms with E-state index in [1.54, 1.807) is 0 Å². The third kappa shape index (κ3) is 5.42. The average molecular weight is 256 g/mol. The van der Waals surface area contributed by atoms with Crippen LogP contribution in [0.4, 0.5) is 0 Å². The molecule has 0 amide bonds. The van der Waals surface area contributed by atoms with E-state index in [2.05, 4.69) is 33.0 Å². The van der Waals surface area contributed by atoms with Gasteiger partial charge in [0.2, 0.25) is 0 Å². The van der Waals surface area contributed by atoms with Crippen molar-refractivity contribution in [1.29, 1.82) is 0 Å². The fraction of sp³-hybridized carbons (Fsp3) is 0.571. The average Bonchev–Trinajstić information content (AvgIpc) is 2.24. The molecular weight excluding hydrogens is 234 g/mol. The molecule has 0 fully saturated rings. The van der Waals surface area contributed by atoms with Crippen LogP contribution >= 0.6 is 11.6 Å². The first kappa shape index (κ1) is 14.3. The minimum atomic E-state index is 0.0876. The number of ether oxygens (including phenoxy) is 1. The van der Waals surface area contributed by atoms with Crippen molar-refractivity contribution in [2.45, 2.75) is 46.2 Å². The zero-order valence-electron chi connectivity index (χ0n) is 11.1. The molecule has 3 heteroatoms. The van der Waals surface area contributed by atoms with E-state index in [0.717, 1.165) is 35.9 Å². The van der Waals surface area contributed by atoms with Crippen molar-refractivity contribution in [2.24, 2.45) is 0 Å². The lowest BCUT2D eigenvalue weighted by Gasteiger charge is -2.21. The second kappa shape index (κ2) is 6.27. The molecule has 0 radical (unpaired) electrons. The van der Waals surface area contributed by atoms with Crippen LogP contribution in [-0.4, -0.2) is 12.1 Å². The van der Waals surface area contributed by atoms with Crippen molar-refractivity contribution < 1.29 is 4.74 Å². The molecule has 96 valence electrons. The molecule has 1 N–H and O–H groups in total. The first-order valence-corrected chi connectivity index (χ1v) is 6.46. The molecule has 0 atom stereocenters. The van der Waals surface area contributed by atoms with Crippen molar-refractivity contribution in [3.05, 3.63) is 28.8 Å². The fourth-order valence-corrected chi connectivity index (χ4v) is 1.59. The lowest BCUT2D eigenvalue weighted by atomic mass is 10.1. The van der Waals surface area contributed by atoms with Gasteiger partial charge < -0.3 is 10.1 Å². The van der Waals surface area contributed by atoms with E-state index in [0.29, 0.717) is 0 Å². The van der Waals surface area contributed by atoms with Crippen LogP contribution in [0.1, 0.15) is 39.7 Å². The number of hydrogen-bond donors (Lipinski definition) is 1. The van der Waals surface area contributed by atoms with E-state index in [4.69, 9.17) is 16.3 Å². The van der Waals surface area contributed by atoms with Gasteiger partial charge in [-0.1, -0.05) is 18.5 Å². The van der Waals surface area contributed by atoms with E-state index in [1.807, 2.05) is 18.2 Å². The molecule has 0 aromatic heterocycles. The lowest BCUT2D eigenvalue weighted by Crippen LogP contribution is -2.35. The Morgan fingerprint density at radius 3 is 2.59 bits per heavy atom. The molecule has 0 spiro atoms. The zero-order chi connectivity index (χ0) is 12.9. The van der Waals surface area contributed by atoms with Gasteiger partial charge in [-0.3, -0.25) is 0 Å². The third-order valence-corrected chi connectivity index (χ3v) is 2.53. The highest BCUT2D eigenvalue weighted by atomic mass is 35.5. The summed E-state index contributed by atoms with van der Waals surface area (Å²) in [6.45, 7) is 10.0. The molecule has 0 aliphatic rings. The Balaban J connectivity index is 2.76. The van der Waals surface area contributed by atoms with Crippen LogP contribution in [-0.2, 0) is 6.54 Å². The molecule has 0 saturated carbocycles. The zero-order valence-corrected chi connectivity index (χ0v) is 11.9. The largest absolute Gasteiger partial charge is 0.493 e. The number of halogens is 1. The van der Waals surface area contributed by atoms with Gasteiger partial charge in [0.05, 0.1) is 6.61 Å². The van der Waals surface area contributed by atoms with Crippen molar-refractivity contribution in [3.8, 4) is 5.75 Å². The van der Waals surface area contributed by atoms with Gasteiger partial charge in [0, 0.05) is 22.7 Å². The van der Waals surface area contributed by atoms with Crippen molar-refractivity contribution in [2.75, 3.05) is 6.61 Å². The molecule has 0 heterocycles. The molecule has 1 aromatic carbocycles. The molecular formula is C14H22ClNO. The maximum atomic E-state index is 6.02. The van der Waals surface area contributed by atoms with E-state index in [9.17, 15) is 0 Å². The van der Waals surface area contributed by atoms with Gasteiger partial charge in [0.1, 0.15) is 5.75 Å². The molecule has 0 aliphatic heterocycles. The molecule has 0 saturated heterocycles. The van der Waals surface area contributed by atoms with Gasteiger partial charge in [0.15, 0.2) is 0 Å². The van der Waals surface area contributed by atoms with Crippen LogP contribution in [0.3, 0.4) is 0 Å². The summed E-state index contributed by atoms with van der Waals surface area (Å²) >= 11 is 6.02. The normalized spacial score (nSPS) is 11.6. The highest BCUT2D eigenvalue weighted by molar-refractivity contribution is 6.30. The summed E-state index contributed by atoms with van der Waals surface area (Å²) in [5, 5.41) is 4.19. The van der Waals surface area contributed by atoms with E-state index in [1.165, 1.54) is 0 Å². The Morgan fingerprint density at radius 2 is 2.00 bits per heavy atom. The van der Waals surface area contributed by atoms with Gasteiger partial charge in [0.25, 0.3) is 0 Å². The van der Waals surface area contributed by atoms with E-state index in [-0.39, 0.29) is 5.54 Å². The summed E-state index contributed by atoms with van der Waals surface area (Å²) in [6, 6.07) is 5.77. The van der Waals surface area contributed by atoms with E-state index >= 15 is 0 Å². The van der Waals surface area contributed by atoms with E-state index < -0.39 is 0 Å². The van der Waals surface area contributed by atoms with Crippen LogP contribution in [0.25, 0.3) is 0 Å². The highest BCUT2D eigenvalue weighted by Crippen LogP contribution is 2.23. The van der Waals surface area contributed by atoms with Crippen LogP contribution in [0.5, 0.6) is 5.75 Å². The molecule has 1 aromatic rings. The Labute approximate surface area is 109 Å². The van der Waals surface area contributed by atoms with Gasteiger partial charge in [-0.2, -0.15) is 0 Å². The van der Waals surface area contributed by atoms with Crippen molar-refractivity contribution in [1.82, 2.24) is 5.32 Å². The first-order valence-electron chi connectivity index (χ1n) is 6.08. The maximum Gasteiger partial charge on any atom is 0.123 e. The highest BCUT2D eigenvalue weighted by Gasteiger charge is 2.11. The standard InChI is InChI=1S/C14H22ClNO/c1-5-8-17-13-7-6-12(15)9-11(13)10-16-14(2,3)4/h6-7,9,16H,5,8,10H2,1-4H3. The number of nitrogens with one attached hydrogen (secondary N) is 1. The minimum Gasteiger partial charge on any atom is -0.493 e. The van der Waals surface area contributed by atoms with Gasteiger partial charge >= 0.3 is 0 Å². The van der Waals surface area contributed by atoms with Crippen LogP contribution in [0.15, 0.2) is 18.2 Å². The quantitative estimate of drug-likeness (QED) is 0.858. The Hall–Kier alpha value is -0.730. The lowest BCUT2D eigenvalue weighted by molar-refractivity contribution is 0.311. The van der Waals surface area contributed by atoms with Gasteiger partial charge in [-0.25, -0.2) is 0 Å². The van der Waals surface area contributed by atoms with Crippen molar-refractivity contribution in [3.63, 3.8) is 0 Å². The first-order chi connectivity index (χ1) is 7.92. The Kier molecular flexibility index (Phi) is 5.29. The van der Waals surface area contributed by atoms with Crippen LogP contribution in [0.2, 0.25) is 5.02 Å². The summed E-state index contributed by atoms with van der Waals surface area (Å²) in [6.07, 6.45) is 1.01. The number of benzene rings is 1. The maximum absolute atomic E-state index is 6.02. The predicted molar refractivity (Wildman–Crippen MR) is 73.8 cm³/mol.